The van der Waals surface area contributed by atoms with Crippen LogP contribution in [0.2, 0.25) is 0 Å². The fourth-order valence-corrected chi connectivity index (χ4v) is 4.74. The molecule has 0 fully saturated rings. The van der Waals surface area contributed by atoms with Crippen LogP contribution in [-0.4, -0.2) is 44.7 Å². The minimum atomic E-state index is -3.91. The maximum Gasteiger partial charge on any atom is 0.256 e. The van der Waals surface area contributed by atoms with E-state index >= 15 is 0 Å². The van der Waals surface area contributed by atoms with E-state index in [-0.39, 0.29) is 42.3 Å². The number of hydrogen-bond acceptors (Lipinski definition) is 7. The van der Waals surface area contributed by atoms with Crippen LogP contribution < -0.4 is 10.6 Å². The standard InChI is InChI=1S/C19H19N5O4S2/c1-22-18(26)16-8-13-29-19(16)23-17(25)14-4-6-15(7-5-14)30(27,28)24(11-2-9-20)12-3-10-21/h4-8,13H,2-3,11-12H2,1H3,(H,22,26)(H,23,25). The molecule has 11 heteroatoms. The van der Waals surface area contributed by atoms with Crippen molar-refractivity contribution in [1.29, 1.82) is 10.5 Å². The zero-order valence-corrected chi connectivity index (χ0v) is 17.7. The van der Waals surface area contributed by atoms with Crippen LogP contribution in [0.25, 0.3) is 0 Å². The number of amides is 2. The van der Waals surface area contributed by atoms with Crippen LogP contribution in [0.15, 0.2) is 40.6 Å². The Balaban J connectivity index is 2.19. The molecule has 0 saturated heterocycles. The van der Waals surface area contributed by atoms with Crippen molar-refractivity contribution in [3.05, 3.63) is 46.8 Å². The highest BCUT2D eigenvalue weighted by atomic mass is 32.2. The van der Waals surface area contributed by atoms with Gasteiger partial charge in [0.05, 0.1) is 22.6 Å². The number of carbonyl (C=O) groups excluding carboxylic acids is 2. The first-order chi connectivity index (χ1) is 14.3. The molecule has 1 heterocycles. The molecule has 0 bridgehead atoms. The zero-order chi connectivity index (χ0) is 22.1. The summed E-state index contributed by atoms with van der Waals surface area (Å²) in [6.45, 7) is -0.0488. The number of carbonyl (C=O) groups is 2. The lowest BCUT2D eigenvalue weighted by Crippen LogP contribution is -2.32. The molecule has 1 aromatic heterocycles. The predicted octanol–water partition coefficient (Wildman–Crippen LogP) is 2.18. The molecule has 30 heavy (non-hydrogen) atoms. The summed E-state index contributed by atoms with van der Waals surface area (Å²) >= 11 is 1.19. The Labute approximate surface area is 178 Å². The van der Waals surface area contributed by atoms with Gasteiger partial charge in [0, 0.05) is 38.5 Å². The van der Waals surface area contributed by atoms with Gasteiger partial charge in [-0.3, -0.25) is 9.59 Å². The molecule has 0 spiro atoms. The Kier molecular flexibility index (Phi) is 8.07. The van der Waals surface area contributed by atoms with E-state index in [0.717, 1.165) is 4.31 Å². The average molecular weight is 446 g/mol. The molecule has 2 rings (SSSR count). The highest BCUT2D eigenvalue weighted by Crippen LogP contribution is 2.24. The predicted molar refractivity (Wildman–Crippen MR) is 111 cm³/mol. The summed E-state index contributed by atoms with van der Waals surface area (Å²) in [5.74, 6) is -0.819. The molecule has 156 valence electrons. The summed E-state index contributed by atoms with van der Waals surface area (Å²) in [6, 6.07) is 10.7. The number of hydrogen-bond donors (Lipinski definition) is 2. The van der Waals surface area contributed by atoms with E-state index in [2.05, 4.69) is 10.6 Å². The number of nitrogens with one attached hydrogen (secondary N) is 2. The van der Waals surface area contributed by atoms with Crippen LogP contribution in [0, 0.1) is 22.7 Å². The first kappa shape index (κ1) is 23.0. The van der Waals surface area contributed by atoms with Crippen molar-refractivity contribution in [3.63, 3.8) is 0 Å². The maximum atomic E-state index is 12.8. The van der Waals surface area contributed by atoms with E-state index in [4.69, 9.17) is 10.5 Å². The van der Waals surface area contributed by atoms with E-state index in [0.29, 0.717) is 10.6 Å². The van der Waals surface area contributed by atoms with Crippen molar-refractivity contribution in [3.8, 4) is 12.1 Å². The van der Waals surface area contributed by atoms with Crippen molar-refractivity contribution in [2.45, 2.75) is 17.7 Å². The van der Waals surface area contributed by atoms with Gasteiger partial charge in [-0.05, 0) is 35.7 Å². The van der Waals surface area contributed by atoms with Crippen LogP contribution in [0.3, 0.4) is 0 Å². The molecule has 9 nitrogen and oxygen atoms in total. The fourth-order valence-electron chi connectivity index (χ4n) is 2.52. The number of rotatable bonds is 9. The third-order valence-corrected chi connectivity index (χ3v) is 6.81. The summed E-state index contributed by atoms with van der Waals surface area (Å²) in [5, 5.41) is 24.7. The van der Waals surface area contributed by atoms with Crippen molar-refractivity contribution in [2.24, 2.45) is 0 Å². The Morgan fingerprint density at radius 2 is 1.63 bits per heavy atom. The van der Waals surface area contributed by atoms with Gasteiger partial charge in [0.2, 0.25) is 10.0 Å². The third kappa shape index (κ3) is 5.42. The minimum absolute atomic E-state index is 0.000365. The molecule has 2 amide bonds. The second kappa shape index (κ2) is 10.5. The molecule has 0 radical (unpaired) electrons. The molecule has 0 aliphatic carbocycles. The van der Waals surface area contributed by atoms with Crippen LogP contribution >= 0.6 is 11.3 Å². The number of anilines is 1. The molecule has 0 aliphatic rings. The summed E-state index contributed by atoms with van der Waals surface area (Å²) in [6.07, 6.45) is -0.000729. The van der Waals surface area contributed by atoms with Gasteiger partial charge in [-0.15, -0.1) is 11.3 Å². The second-order valence-electron chi connectivity index (χ2n) is 5.94. The van der Waals surface area contributed by atoms with Gasteiger partial charge < -0.3 is 10.6 Å². The monoisotopic (exact) mass is 445 g/mol. The van der Waals surface area contributed by atoms with Crippen LogP contribution in [0.5, 0.6) is 0 Å². The van der Waals surface area contributed by atoms with E-state index in [1.807, 2.05) is 12.1 Å². The smallest absolute Gasteiger partial charge is 0.256 e. The van der Waals surface area contributed by atoms with Crippen LogP contribution in [0.1, 0.15) is 33.6 Å². The van der Waals surface area contributed by atoms with E-state index in [1.54, 1.807) is 11.4 Å². The normalized spacial score (nSPS) is 10.8. The molecule has 2 N–H and O–H groups in total. The van der Waals surface area contributed by atoms with Crippen molar-refractivity contribution in [2.75, 3.05) is 25.5 Å². The molecule has 2 aromatic rings. The first-order valence-electron chi connectivity index (χ1n) is 8.80. The first-order valence-corrected chi connectivity index (χ1v) is 11.1. The van der Waals surface area contributed by atoms with Crippen molar-refractivity contribution in [1.82, 2.24) is 9.62 Å². The topological polar surface area (TPSA) is 143 Å². The highest BCUT2D eigenvalue weighted by Gasteiger charge is 2.24. The number of nitriles is 2. The van der Waals surface area contributed by atoms with Gasteiger partial charge in [-0.1, -0.05) is 0 Å². The van der Waals surface area contributed by atoms with Crippen LogP contribution in [-0.2, 0) is 10.0 Å². The number of sulfonamides is 1. The average Bonchev–Trinajstić information content (AvgIpc) is 3.21. The summed E-state index contributed by atoms with van der Waals surface area (Å²) < 4.78 is 26.7. The van der Waals surface area contributed by atoms with E-state index in [9.17, 15) is 18.0 Å². The molecular formula is C19H19N5O4S2. The van der Waals surface area contributed by atoms with Crippen molar-refractivity contribution < 1.29 is 18.0 Å². The molecule has 0 atom stereocenters. The quantitative estimate of drug-likeness (QED) is 0.605. The highest BCUT2D eigenvalue weighted by molar-refractivity contribution is 7.89. The lowest BCUT2D eigenvalue weighted by atomic mass is 10.2. The Hall–Kier alpha value is -3.25. The maximum absolute atomic E-state index is 12.8. The van der Waals surface area contributed by atoms with Gasteiger partial charge in [-0.25, -0.2) is 8.42 Å². The molecule has 0 unspecified atom stereocenters. The molecule has 0 aliphatic heterocycles. The summed E-state index contributed by atoms with van der Waals surface area (Å²) in [7, 11) is -2.42. The van der Waals surface area contributed by atoms with Crippen LogP contribution in [0.4, 0.5) is 5.00 Å². The largest absolute Gasteiger partial charge is 0.355 e. The summed E-state index contributed by atoms with van der Waals surface area (Å²) in [4.78, 5) is 24.3. The molecular weight excluding hydrogens is 426 g/mol. The Morgan fingerprint density at radius 3 is 2.17 bits per heavy atom. The number of thiophene rings is 1. The number of benzene rings is 1. The fraction of sp³-hybridized carbons (Fsp3) is 0.263. The lowest BCUT2D eigenvalue weighted by molar-refractivity contribution is 0.0964. The molecule has 0 saturated carbocycles. The SMILES string of the molecule is CNC(=O)c1ccsc1NC(=O)c1ccc(S(=O)(=O)N(CCC#N)CCC#N)cc1. The van der Waals surface area contributed by atoms with Crippen molar-refractivity contribution >= 4 is 38.2 Å². The minimum Gasteiger partial charge on any atom is -0.355 e. The van der Waals surface area contributed by atoms with Gasteiger partial charge in [-0.2, -0.15) is 14.8 Å². The molecule has 1 aromatic carbocycles. The Morgan fingerprint density at radius 1 is 1.03 bits per heavy atom. The van der Waals surface area contributed by atoms with Gasteiger partial charge in [0.15, 0.2) is 0 Å². The Bertz CT molecular complexity index is 1080. The van der Waals surface area contributed by atoms with Gasteiger partial charge >= 0.3 is 0 Å². The lowest BCUT2D eigenvalue weighted by Gasteiger charge is -2.20. The third-order valence-electron chi connectivity index (χ3n) is 4.06. The van der Waals surface area contributed by atoms with Gasteiger partial charge in [0.25, 0.3) is 11.8 Å². The second-order valence-corrected chi connectivity index (χ2v) is 8.80. The zero-order valence-electron chi connectivity index (χ0n) is 16.1. The number of nitrogens with zero attached hydrogens (tertiary/aromatic N) is 3. The van der Waals surface area contributed by atoms with Gasteiger partial charge in [0.1, 0.15) is 5.00 Å². The summed E-state index contributed by atoms with van der Waals surface area (Å²) in [5.41, 5.74) is 0.548. The van der Waals surface area contributed by atoms with E-state index in [1.165, 1.54) is 42.6 Å². The van der Waals surface area contributed by atoms with E-state index < -0.39 is 15.9 Å².